The Hall–Kier alpha value is -3.22. The van der Waals surface area contributed by atoms with E-state index in [1.165, 1.54) is 4.90 Å². The van der Waals surface area contributed by atoms with E-state index in [9.17, 15) is 14.4 Å². The molecule has 172 valence electrons. The number of benzene rings is 1. The minimum atomic E-state index is -0.175. The van der Waals surface area contributed by atoms with Crippen LogP contribution in [0.3, 0.4) is 0 Å². The summed E-state index contributed by atoms with van der Waals surface area (Å²) < 4.78 is 0. The Bertz CT molecular complexity index is 1020. The third kappa shape index (κ3) is 4.49. The Labute approximate surface area is 194 Å². The number of rotatable bonds is 4. The monoisotopic (exact) mass is 446 g/mol. The fourth-order valence-electron chi connectivity index (χ4n) is 5.39. The highest BCUT2D eigenvalue weighted by atomic mass is 16.2. The van der Waals surface area contributed by atoms with Crippen molar-refractivity contribution in [3.63, 3.8) is 0 Å². The molecule has 0 unspecified atom stereocenters. The standard InChI is InChI=1S/C26H30N4O3/c31-24-17-21-5-1-2-6-22(21)26(33)30(24)18-19-8-10-20(11-9-19)25(32)29-15-13-28(14-16-29)23-7-3-4-12-27-23/h1-7,12,19-20H,8-11,13-18H2. The smallest absolute Gasteiger partial charge is 0.260 e. The molecule has 1 saturated heterocycles. The van der Waals surface area contributed by atoms with Gasteiger partial charge in [-0.15, -0.1) is 0 Å². The molecule has 1 aliphatic carbocycles. The minimum Gasteiger partial charge on any atom is -0.353 e. The summed E-state index contributed by atoms with van der Waals surface area (Å²) in [6, 6.07) is 13.3. The van der Waals surface area contributed by atoms with Crippen molar-refractivity contribution in [2.75, 3.05) is 37.6 Å². The highest BCUT2D eigenvalue weighted by molar-refractivity contribution is 6.09. The predicted molar refractivity (Wildman–Crippen MR) is 125 cm³/mol. The van der Waals surface area contributed by atoms with Crippen LogP contribution in [-0.4, -0.2) is 65.2 Å². The van der Waals surface area contributed by atoms with Crippen molar-refractivity contribution in [3.05, 3.63) is 59.8 Å². The first kappa shape index (κ1) is 21.6. The van der Waals surface area contributed by atoms with Gasteiger partial charge in [0.2, 0.25) is 11.8 Å². The van der Waals surface area contributed by atoms with Gasteiger partial charge in [-0.05, 0) is 55.4 Å². The van der Waals surface area contributed by atoms with Crippen molar-refractivity contribution in [1.29, 1.82) is 0 Å². The lowest BCUT2D eigenvalue weighted by Gasteiger charge is -2.39. The number of hydrogen-bond donors (Lipinski definition) is 0. The Morgan fingerprint density at radius 1 is 0.909 bits per heavy atom. The lowest BCUT2D eigenvalue weighted by Crippen LogP contribution is -2.51. The number of nitrogens with zero attached hydrogens (tertiary/aromatic N) is 4. The van der Waals surface area contributed by atoms with Crippen LogP contribution in [0, 0.1) is 11.8 Å². The SMILES string of the molecule is O=C(C1CCC(CN2C(=O)Cc3ccccc3C2=O)CC1)N1CCN(c2ccccn2)CC1. The van der Waals surface area contributed by atoms with Crippen LogP contribution < -0.4 is 4.90 Å². The fraction of sp³-hybridized carbons (Fsp3) is 0.462. The maximum Gasteiger partial charge on any atom is 0.260 e. The highest BCUT2D eigenvalue weighted by Gasteiger charge is 2.35. The van der Waals surface area contributed by atoms with Gasteiger partial charge in [-0.25, -0.2) is 4.98 Å². The zero-order chi connectivity index (χ0) is 22.8. The van der Waals surface area contributed by atoms with Gasteiger partial charge in [-0.3, -0.25) is 19.3 Å². The molecule has 3 aliphatic rings. The summed E-state index contributed by atoms with van der Waals surface area (Å²) in [5, 5.41) is 0. The van der Waals surface area contributed by atoms with Crippen molar-refractivity contribution in [2.45, 2.75) is 32.1 Å². The molecule has 3 amide bonds. The van der Waals surface area contributed by atoms with E-state index < -0.39 is 0 Å². The normalized spacial score (nSPS) is 23.5. The van der Waals surface area contributed by atoms with Gasteiger partial charge in [-0.1, -0.05) is 24.3 Å². The third-order valence-corrected chi connectivity index (χ3v) is 7.34. The van der Waals surface area contributed by atoms with E-state index in [1.54, 1.807) is 12.3 Å². The molecule has 33 heavy (non-hydrogen) atoms. The molecular weight excluding hydrogens is 416 g/mol. The summed E-state index contributed by atoms with van der Waals surface area (Å²) in [6.45, 7) is 3.53. The Balaban J connectivity index is 1.12. The highest BCUT2D eigenvalue weighted by Crippen LogP contribution is 2.32. The largest absolute Gasteiger partial charge is 0.353 e. The van der Waals surface area contributed by atoms with E-state index in [1.807, 2.05) is 41.3 Å². The quantitative estimate of drug-likeness (QED) is 0.676. The molecule has 2 aliphatic heterocycles. The summed E-state index contributed by atoms with van der Waals surface area (Å²) in [5.41, 5.74) is 1.46. The number of carbonyl (C=O) groups is 3. The van der Waals surface area contributed by atoms with Crippen LogP contribution in [-0.2, 0) is 16.0 Å². The van der Waals surface area contributed by atoms with Crippen LogP contribution in [0.5, 0.6) is 0 Å². The van der Waals surface area contributed by atoms with Gasteiger partial charge in [0, 0.05) is 50.4 Å². The average Bonchev–Trinajstić information content (AvgIpc) is 2.87. The second-order valence-electron chi connectivity index (χ2n) is 9.36. The molecule has 2 fully saturated rings. The minimum absolute atomic E-state index is 0.0520. The zero-order valence-electron chi connectivity index (χ0n) is 18.9. The number of pyridine rings is 1. The van der Waals surface area contributed by atoms with Crippen LogP contribution >= 0.6 is 0 Å². The number of amides is 3. The first-order valence-corrected chi connectivity index (χ1v) is 12.0. The average molecular weight is 447 g/mol. The maximum atomic E-state index is 13.1. The van der Waals surface area contributed by atoms with Gasteiger partial charge in [0.15, 0.2) is 0 Å². The zero-order valence-corrected chi connectivity index (χ0v) is 18.9. The predicted octanol–water partition coefficient (Wildman–Crippen LogP) is 2.76. The van der Waals surface area contributed by atoms with Crippen LogP contribution in [0.25, 0.3) is 0 Å². The van der Waals surface area contributed by atoms with E-state index in [0.29, 0.717) is 18.5 Å². The second-order valence-corrected chi connectivity index (χ2v) is 9.36. The van der Waals surface area contributed by atoms with E-state index in [2.05, 4.69) is 9.88 Å². The van der Waals surface area contributed by atoms with Crippen molar-refractivity contribution in [1.82, 2.24) is 14.8 Å². The Morgan fingerprint density at radius 2 is 1.64 bits per heavy atom. The van der Waals surface area contributed by atoms with Gasteiger partial charge in [0.05, 0.1) is 6.42 Å². The fourth-order valence-corrected chi connectivity index (χ4v) is 5.39. The molecule has 0 radical (unpaired) electrons. The van der Waals surface area contributed by atoms with Gasteiger partial charge in [0.25, 0.3) is 5.91 Å². The molecule has 1 aromatic heterocycles. The molecule has 0 N–H and O–H groups in total. The number of aromatic nitrogens is 1. The molecule has 5 rings (SSSR count). The molecule has 0 spiro atoms. The van der Waals surface area contributed by atoms with Crippen LogP contribution in [0.1, 0.15) is 41.6 Å². The molecule has 0 atom stereocenters. The van der Waals surface area contributed by atoms with E-state index in [-0.39, 0.29) is 29.6 Å². The van der Waals surface area contributed by atoms with Gasteiger partial charge >= 0.3 is 0 Å². The summed E-state index contributed by atoms with van der Waals surface area (Å²) in [5.74, 6) is 1.26. The van der Waals surface area contributed by atoms with Crippen molar-refractivity contribution < 1.29 is 14.4 Å². The summed E-state index contributed by atoms with van der Waals surface area (Å²) in [4.78, 5) is 48.6. The second kappa shape index (κ2) is 9.33. The lowest BCUT2D eigenvalue weighted by atomic mass is 9.80. The van der Waals surface area contributed by atoms with E-state index in [0.717, 1.165) is 63.2 Å². The number of imide groups is 1. The molecule has 3 heterocycles. The third-order valence-electron chi connectivity index (χ3n) is 7.34. The van der Waals surface area contributed by atoms with Crippen LogP contribution in [0.4, 0.5) is 5.82 Å². The maximum absolute atomic E-state index is 13.1. The van der Waals surface area contributed by atoms with Gasteiger partial charge in [0.1, 0.15) is 5.82 Å². The van der Waals surface area contributed by atoms with Crippen LogP contribution in [0.15, 0.2) is 48.7 Å². The lowest BCUT2D eigenvalue weighted by molar-refractivity contribution is -0.137. The summed E-state index contributed by atoms with van der Waals surface area (Å²) >= 11 is 0. The number of hydrogen-bond acceptors (Lipinski definition) is 5. The van der Waals surface area contributed by atoms with Gasteiger partial charge < -0.3 is 9.80 Å². The van der Waals surface area contributed by atoms with Crippen molar-refractivity contribution in [2.24, 2.45) is 11.8 Å². The molecule has 2 aromatic rings. The first-order valence-electron chi connectivity index (χ1n) is 12.0. The molecule has 7 nitrogen and oxygen atoms in total. The number of fused-ring (bicyclic) bond motifs is 1. The molecule has 1 saturated carbocycles. The molecule has 7 heteroatoms. The number of carbonyl (C=O) groups excluding carboxylic acids is 3. The molecular formula is C26H30N4O3. The number of anilines is 1. The van der Waals surface area contributed by atoms with Gasteiger partial charge in [-0.2, -0.15) is 0 Å². The van der Waals surface area contributed by atoms with E-state index >= 15 is 0 Å². The molecule has 0 bridgehead atoms. The van der Waals surface area contributed by atoms with E-state index in [4.69, 9.17) is 0 Å². The summed E-state index contributed by atoms with van der Waals surface area (Å²) in [6.07, 6.45) is 5.51. The topological polar surface area (TPSA) is 73.8 Å². The Kier molecular flexibility index (Phi) is 6.11. The number of piperazine rings is 1. The van der Waals surface area contributed by atoms with Crippen molar-refractivity contribution >= 4 is 23.5 Å². The summed E-state index contributed by atoms with van der Waals surface area (Å²) in [7, 11) is 0. The molecule has 1 aromatic carbocycles. The first-order chi connectivity index (χ1) is 16.1. The Morgan fingerprint density at radius 3 is 2.36 bits per heavy atom. The van der Waals surface area contributed by atoms with Crippen LogP contribution in [0.2, 0.25) is 0 Å². The van der Waals surface area contributed by atoms with Crippen molar-refractivity contribution in [3.8, 4) is 0 Å².